The third kappa shape index (κ3) is 3.26. The maximum absolute atomic E-state index is 13.3. The molecule has 0 N–H and O–H groups in total. The van der Waals surface area contributed by atoms with Crippen LogP contribution >= 0.6 is 11.8 Å². The molecule has 2 heterocycles. The van der Waals surface area contributed by atoms with Crippen LogP contribution in [0.5, 0.6) is 0 Å². The highest BCUT2D eigenvalue weighted by Crippen LogP contribution is 2.41. The summed E-state index contributed by atoms with van der Waals surface area (Å²) in [4.78, 5) is 18.5. The number of sulfone groups is 1. The molecule has 2 atom stereocenters. The Morgan fingerprint density at radius 3 is 2.46 bits per heavy atom. The number of hydrogen-bond donors (Lipinski definition) is 0. The van der Waals surface area contributed by atoms with Gasteiger partial charge in [0.25, 0.3) is 5.91 Å². The van der Waals surface area contributed by atoms with Crippen LogP contribution in [0.3, 0.4) is 0 Å². The molecule has 0 bridgehead atoms. The quantitative estimate of drug-likeness (QED) is 0.789. The van der Waals surface area contributed by atoms with Gasteiger partial charge in [-0.05, 0) is 36.4 Å². The average molecular weight is 390 g/mol. The third-order valence-corrected chi connectivity index (χ3v) is 7.60. The second-order valence-electron chi connectivity index (χ2n) is 6.21. The molecule has 2 saturated heterocycles. The van der Waals surface area contributed by atoms with Crippen LogP contribution in [0.2, 0.25) is 0 Å². The van der Waals surface area contributed by atoms with Crippen LogP contribution in [0, 0.1) is 5.82 Å². The zero-order valence-corrected chi connectivity index (χ0v) is 15.2. The van der Waals surface area contributed by atoms with Gasteiger partial charge in [-0.15, -0.1) is 0 Å². The number of rotatable bonds is 2. The van der Waals surface area contributed by atoms with Crippen molar-refractivity contribution in [3.63, 3.8) is 0 Å². The highest BCUT2D eigenvalue weighted by atomic mass is 32.2. The van der Waals surface area contributed by atoms with Gasteiger partial charge in [0.1, 0.15) is 5.82 Å². The fraction of sp³-hybridized carbons (Fsp3) is 0.222. The predicted octanol–water partition coefficient (Wildman–Crippen LogP) is 2.74. The first-order valence-corrected chi connectivity index (χ1v) is 10.7. The normalized spacial score (nSPS) is 25.4. The minimum absolute atomic E-state index is 0.000586. The second kappa shape index (κ2) is 6.51. The molecule has 1 amide bonds. The number of thioether (sulfide) groups is 1. The minimum atomic E-state index is -3.14. The molecule has 0 spiro atoms. The van der Waals surface area contributed by atoms with E-state index in [1.54, 1.807) is 41.3 Å². The zero-order chi connectivity index (χ0) is 18.3. The molecular weight excluding hydrogens is 375 g/mol. The number of aliphatic imine (C=N–C) groups is 1. The van der Waals surface area contributed by atoms with Gasteiger partial charge in [-0.25, -0.2) is 12.8 Å². The topological polar surface area (TPSA) is 66.8 Å². The Hall–Kier alpha value is -2.19. The van der Waals surface area contributed by atoms with E-state index in [4.69, 9.17) is 0 Å². The van der Waals surface area contributed by atoms with Gasteiger partial charge in [0.15, 0.2) is 15.0 Å². The van der Waals surface area contributed by atoms with Gasteiger partial charge in [0, 0.05) is 16.5 Å². The standard InChI is InChI=1S/C18H15FN2O3S2/c19-13-6-8-14(9-7-13)21-15-10-26(23,24)11-16(15)25-18(21)20-17(22)12-4-2-1-3-5-12/h1-9,15-16H,10-11H2/t15-,16-/m0/s1. The van der Waals surface area contributed by atoms with Crippen molar-refractivity contribution < 1.29 is 17.6 Å². The van der Waals surface area contributed by atoms with E-state index in [0.29, 0.717) is 16.4 Å². The summed E-state index contributed by atoms with van der Waals surface area (Å²) in [6, 6.07) is 14.2. The molecule has 0 unspecified atom stereocenters. The van der Waals surface area contributed by atoms with Crippen molar-refractivity contribution >= 4 is 38.4 Å². The number of benzene rings is 2. The molecule has 2 fully saturated rings. The molecule has 2 aromatic carbocycles. The Bertz CT molecular complexity index is 975. The summed E-state index contributed by atoms with van der Waals surface area (Å²) in [5.74, 6) is -0.711. The molecule has 0 aromatic heterocycles. The van der Waals surface area contributed by atoms with E-state index < -0.39 is 9.84 Å². The molecule has 2 aliphatic rings. The van der Waals surface area contributed by atoms with E-state index in [9.17, 15) is 17.6 Å². The lowest BCUT2D eigenvalue weighted by Crippen LogP contribution is -2.37. The molecule has 5 nitrogen and oxygen atoms in total. The van der Waals surface area contributed by atoms with E-state index in [1.165, 1.54) is 23.9 Å². The number of amides is 1. The molecule has 8 heteroatoms. The minimum Gasteiger partial charge on any atom is -0.316 e. The maximum Gasteiger partial charge on any atom is 0.279 e. The third-order valence-electron chi connectivity index (χ3n) is 4.39. The van der Waals surface area contributed by atoms with Crippen molar-refractivity contribution in [3.8, 4) is 0 Å². The van der Waals surface area contributed by atoms with Crippen molar-refractivity contribution in [2.24, 2.45) is 4.99 Å². The Balaban J connectivity index is 1.72. The van der Waals surface area contributed by atoms with Gasteiger partial charge in [0.2, 0.25) is 0 Å². The van der Waals surface area contributed by atoms with Gasteiger partial charge >= 0.3 is 0 Å². The van der Waals surface area contributed by atoms with Crippen LogP contribution in [0.4, 0.5) is 10.1 Å². The fourth-order valence-corrected chi connectivity index (χ4v) is 7.11. The molecule has 4 rings (SSSR count). The molecule has 2 aliphatic heterocycles. The number of hydrogen-bond acceptors (Lipinski definition) is 4. The predicted molar refractivity (Wildman–Crippen MR) is 101 cm³/mol. The molecule has 0 radical (unpaired) electrons. The zero-order valence-electron chi connectivity index (χ0n) is 13.6. The van der Waals surface area contributed by atoms with E-state index in [-0.39, 0.29) is 34.5 Å². The first-order valence-electron chi connectivity index (χ1n) is 8.03. The summed E-state index contributed by atoms with van der Waals surface area (Å²) in [6.07, 6.45) is 0. The summed E-state index contributed by atoms with van der Waals surface area (Å²) < 4.78 is 37.3. The summed E-state index contributed by atoms with van der Waals surface area (Å²) in [6.45, 7) is 0. The van der Waals surface area contributed by atoms with Crippen LogP contribution in [0.25, 0.3) is 0 Å². The molecular formula is C18H15FN2O3S2. The Morgan fingerprint density at radius 1 is 1.08 bits per heavy atom. The number of amidine groups is 1. The Kier molecular flexibility index (Phi) is 4.32. The van der Waals surface area contributed by atoms with Gasteiger partial charge in [-0.2, -0.15) is 4.99 Å². The molecule has 26 heavy (non-hydrogen) atoms. The summed E-state index contributed by atoms with van der Waals surface area (Å²) in [5.41, 5.74) is 1.09. The number of nitrogens with zero attached hydrogens (tertiary/aromatic N) is 2. The SMILES string of the molecule is O=C(N=C1S[C@H]2CS(=O)(=O)C[C@@H]2N1c1ccc(F)cc1)c1ccccc1. The second-order valence-corrected chi connectivity index (χ2v) is 9.57. The van der Waals surface area contributed by atoms with Crippen LogP contribution in [-0.2, 0) is 9.84 Å². The lowest BCUT2D eigenvalue weighted by atomic mass is 10.2. The highest BCUT2D eigenvalue weighted by Gasteiger charge is 2.49. The molecule has 0 aliphatic carbocycles. The summed E-state index contributed by atoms with van der Waals surface area (Å²) in [5, 5.41) is 0.266. The fourth-order valence-electron chi connectivity index (χ4n) is 3.20. The monoisotopic (exact) mass is 390 g/mol. The lowest BCUT2D eigenvalue weighted by Gasteiger charge is -2.24. The van der Waals surface area contributed by atoms with Crippen molar-refractivity contribution in [3.05, 3.63) is 66.0 Å². The van der Waals surface area contributed by atoms with Crippen LogP contribution < -0.4 is 4.90 Å². The number of halogens is 1. The van der Waals surface area contributed by atoms with Gasteiger partial charge in [-0.1, -0.05) is 30.0 Å². The number of anilines is 1. The van der Waals surface area contributed by atoms with Crippen molar-refractivity contribution in [1.82, 2.24) is 0 Å². The van der Waals surface area contributed by atoms with Crippen LogP contribution in [0.15, 0.2) is 59.6 Å². The Labute approximate surface area is 154 Å². The van der Waals surface area contributed by atoms with E-state index in [1.807, 2.05) is 6.07 Å². The maximum atomic E-state index is 13.3. The largest absolute Gasteiger partial charge is 0.316 e. The van der Waals surface area contributed by atoms with Gasteiger partial charge < -0.3 is 4.90 Å². The number of fused-ring (bicyclic) bond motifs is 1. The summed E-state index contributed by atoms with van der Waals surface area (Å²) >= 11 is 1.30. The Morgan fingerprint density at radius 2 is 1.77 bits per heavy atom. The smallest absolute Gasteiger partial charge is 0.279 e. The lowest BCUT2D eigenvalue weighted by molar-refractivity contribution is 0.100. The molecule has 2 aromatic rings. The van der Waals surface area contributed by atoms with Gasteiger partial charge in [-0.3, -0.25) is 4.79 Å². The van der Waals surface area contributed by atoms with E-state index >= 15 is 0 Å². The average Bonchev–Trinajstić information content (AvgIpc) is 3.07. The molecule has 134 valence electrons. The first-order chi connectivity index (χ1) is 12.4. The van der Waals surface area contributed by atoms with Gasteiger partial charge in [0.05, 0.1) is 17.5 Å². The number of carbonyl (C=O) groups is 1. The first kappa shape index (κ1) is 17.2. The molecule has 0 saturated carbocycles. The van der Waals surface area contributed by atoms with Crippen LogP contribution in [-0.4, -0.2) is 42.3 Å². The van der Waals surface area contributed by atoms with E-state index in [0.717, 1.165) is 0 Å². The van der Waals surface area contributed by atoms with Crippen molar-refractivity contribution in [2.75, 3.05) is 16.4 Å². The number of carbonyl (C=O) groups excluding carboxylic acids is 1. The van der Waals surface area contributed by atoms with E-state index in [2.05, 4.69) is 4.99 Å². The highest BCUT2D eigenvalue weighted by molar-refractivity contribution is 8.16. The van der Waals surface area contributed by atoms with Crippen LogP contribution in [0.1, 0.15) is 10.4 Å². The summed E-state index contributed by atoms with van der Waals surface area (Å²) in [7, 11) is -3.14. The van der Waals surface area contributed by atoms with Crippen molar-refractivity contribution in [2.45, 2.75) is 11.3 Å². The van der Waals surface area contributed by atoms with Crippen molar-refractivity contribution in [1.29, 1.82) is 0 Å².